The third kappa shape index (κ3) is 4.08. The number of hydrogen-bond donors (Lipinski definition) is 0. The molecule has 1 unspecified atom stereocenters. The number of hydrogen-bond acceptors (Lipinski definition) is 5. The van der Waals surface area contributed by atoms with Crippen molar-refractivity contribution in [3.63, 3.8) is 0 Å². The Morgan fingerprint density at radius 2 is 2.07 bits per heavy atom. The van der Waals surface area contributed by atoms with Gasteiger partial charge in [0.25, 0.3) is 5.91 Å². The molecule has 0 radical (unpaired) electrons. The maximum absolute atomic E-state index is 12.7. The predicted molar refractivity (Wildman–Crippen MR) is 104 cm³/mol. The number of nitrogens with zero attached hydrogens (tertiary/aromatic N) is 3. The summed E-state index contributed by atoms with van der Waals surface area (Å²) in [6.07, 6.45) is 3.45. The Hall–Kier alpha value is -2.70. The fourth-order valence-electron chi connectivity index (χ4n) is 3.14. The molecule has 0 spiro atoms. The van der Waals surface area contributed by atoms with Gasteiger partial charge in [-0.15, -0.1) is 0 Å². The highest BCUT2D eigenvalue weighted by atomic mass is 35.5. The zero-order chi connectivity index (χ0) is 19.5. The number of aryl methyl sites for hydroxylation is 1. The fraction of sp³-hybridized carbons (Fsp3) is 0.286. The van der Waals surface area contributed by atoms with E-state index in [4.69, 9.17) is 20.8 Å². The Bertz CT molecular complexity index is 971. The number of rotatable bonds is 4. The van der Waals surface area contributed by atoms with Gasteiger partial charge in [-0.25, -0.2) is 4.98 Å². The molecule has 1 amide bonds. The number of halogens is 1. The molecule has 1 saturated heterocycles. The summed E-state index contributed by atoms with van der Waals surface area (Å²) in [5, 5.41) is 0.692. The van der Waals surface area contributed by atoms with E-state index < -0.39 is 6.10 Å². The topological polar surface area (TPSA) is 68.5 Å². The van der Waals surface area contributed by atoms with Crippen molar-refractivity contribution in [2.75, 3.05) is 19.7 Å². The molecule has 3 aromatic rings. The highest BCUT2D eigenvalue weighted by Crippen LogP contribution is 2.25. The lowest BCUT2D eigenvalue weighted by Gasteiger charge is -2.31. The molecule has 0 bridgehead atoms. The lowest BCUT2D eigenvalue weighted by atomic mass is 10.1. The van der Waals surface area contributed by atoms with Crippen LogP contribution in [0.15, 0.2) is 53.2 Å². The maximum atomic E-state index is 12.7. The molecule has 6 nitrogen and oxygen atoms in total. The molecule has 4 rings (SSSR count). The fourth-order valence-corrected chi connectivity index (χ4v) is 3.35. The quantitative estimate of drug-likeness (QED) is 0.669. The minimum atomic E-state index is -0.392. The molecule has 0 N–H and O–H groups in total. The van der Waals surface area contributed by atoms with Gasteiger partial charge in [-0.1, -0.05) is 29.8 Å². The van der Waals surface area contributed by atoms with E-state index in [0.717, 1.165) is 11.3 Å². The number of benzene rings is 1. The van der Waals surface area contributed by atoms with E-state index in [-0.39, 0.29) is 5.91 Å². The van der Waals surface area contributed by atoms with Crippen LogP contribution in [0.25, 0.3) is 0 Å². The van der Waals surface area contributed by atoms with Crippen molar-refractivity contribution in [1.29, 1.82) is 0 Å². The van der Waals surface area contributed by atoms with Crippen LogP contribution in [0.1, 0.15) is 39.4 Å². The number of oxazole rings is 1. The number of morpholine rings is 1. The van der Waals surface area contributed by atoms with E-state index in [2.05, 4.69) is 9.97 Å². The highest BCUT2D eigenvalue weighted by molar-refractivity contribution is 6.31. The smallest absolute Gasteiger partial charge is 0.255 e. The maximum Gasteiger partial charge on any atom is 0.255 e. The lowest BCUT2D eigenvalue weighted by molar-refractivity contribution is -0.0349. The molecule has 2 aromatic heterocycles. The van der Waals surface area contributed by atoms with Crippen LogP contribution in [0.4, 0.5) is 0 Å². The number of pyridine rings is 1. The standard InChI is InChI=1S/C21H20ClN3O3/c1-14-6-7-16(11-23-14)21(26)25-8-9-27-19(13-25)20-24-12-17(28-20)10-15-4-2-3-5-18(15)22/h2-7,11-12,19H,8-10,13H2,1H3. The van der Waals surface area contributed by atoms with Gasteiger partial charge in [-0.05, 0) is 30.7 Å². The summed E-state index contributed by atoms with van der Waals surface area (Å²) >= 11 is 6.22. The Kier molecular flexibility index (Phi) is 5.41. The Balaban J connectivity index is 1.45. The molecule has 7 heteroatoms. The number of amides is 1. The molecule has 1 atom stereocenters. The summed E-state index contributed by atoms with van der Waals surface area (Å²) in [7, 11) is 0. The second-order valence-electron chi connectivity index (χ2n) is 6.73. The summed E-state index contributed by atoms with van der Waals surface area (Å²) in [5.41, 5.74) is 2.42. The van der Waals surface area contributed by atoms with Crippen LogP contribution in [-0.2, 0) is 11.2 Å². The van der Waals surface area contributed by atoms with Crippen LogP contribution in [-0.4, -0.2) is 40.5 Å². The van der Waals surface area contributed by atoms with Crippen LogP contribution in [0.2, 0.25) is 5.02 Å². The van der Waals surface area contributed by atoms with Crippen molar-refractivity contribution < 1.29 is 13.9 Å². The van der Waals surface area contributed by atoms with Crippen molar-refractivity contribution in [3.8, 4) is 0 Å². The van der Waals surface area contributed by atoms with E-state index in [0.29, 0.717) is 48.4 Å². The van der Waals surface area contributed by atoms with Gasteiger partial charge in [0, 0.05) is 29.9 Å². The highest BCUT2D eigenvalue weighted by Gasteiger charge is 2.29. The van der Waals surface area contributed by atoms with E-state index in [1.807, 2.05) is 37.3 Å². The van der Waals surface area contributed by atoms with Crippen LogP contribution in [0.3, 0.4) is 0 Å². The largest absolute Gasteiger partial charge is 0.442 e. The SMILES string of the molecule is Cc1ccc(C(=O)N2CCOC(c3ncc(Cc4ccccc4Cl)o3)C2)cn1. The molecule has 0 aliphatic carbocycles. The average Bonchev–Trinajstić information content (AvgIpc) is 3.19. The lowest BCUT2D eigenvalue weighted by Crippen LogP contribution is -2.42. The molecular formula is C21H20ClN3O3. The normalized spacial score (nSPS) is 16.9. The van der Waals surface area contributed by atoms with Gasteiger partial charge >= 0.3 is 0 Å². The van der Waals surface area contributed by atoms with Crippen LogP contribution < -0.4 is 0 Å². The third-order valence-electron chi connectivity index (χ3n) is 4.68. The van der Waals surface area contributed by atoms with Gasteiger partial charge in [-0.3, -0.25) is 9.78 Å². The molecular weight excluding hydrogens is 378 g/mol. The summed E-state index contributed by atoms with van der Waals surface area (Å²) < 4.78 is 11.7. The minimum absolute atomic E-state index is 0.0661. The zero-order valence-corrected chi connectivity index (χ0v) is 16.2. The summed E-state index contributed by atoms with van der Waals surface area (Å²) in [6.45, 7) is 3.23. The third-order valence-corrected chi connectivity index (χ3v) is 5.05. The number of carbonyl (C=O) groups excluding carboxylic acids is 1. The number of ether oxygens (including phenoxy) is 1. The minimum Gasteiger partial charge on any atom is -0.442 e. The second kappa shape index (κ2) is 8.12. The first-order valence-corrected chi connectivity index (χ1v) is 9.49. The Morgan fingerprint density at radius 3 is 2.86 bits per heavy atom. The number of aromatic nitrogens is 2. The van der Waals surface area contributed by atoms with Crippen molar-refractivity contribution in [2.24, 2.45) is 0 Å². The summed E-state index contributed by atoms with van der Waals surface area (Å²) in [6, 6.07) is 11.3. The van der Waals surface area contributed by atoms with E-state index >= 15 is 0 Å². The van der Waals surface area contributed by atoms with Crippen LogP contribution in [0.5, 0.6) is 0 Å². The van der Waals surface area contributed by atoms with Gasteiger partial charge in [0.05, 0.1) is 24.9 Å². The van der Waals surface area contributed by atoms with E-state index in [1.165, 1.54) is 0 Å². The van der Waals surface area contributed by atoms with Crippen molar-refractivity contribution in [2.45, 2.75) is 19.4 Å². The van der Waals surface area contributed by atoms with Gasteiger partial charge in [0.15, 0.2) is 6.10 Å². The average molecular weight is 398 g/mol. The molecule has 1 aliphatic heterocycles. The van der Waals surface area contributed by atoms with Gasteiger partial charge in [0.1, 0.15) is 5.76 Å². The first-order valence-electron chi connectivity index (χ1n) is 9.11. The molecule has 1 aromatic carbocycles. The Labute approximate surface area is 168 Å². The Morgan fingerprint density at radius 1 is 1.21 bits per heavy atom. The first kappa shape index (κ1) is 18.7. The molecule has 3 heterocycles. The van der Waals surface area contributed by atoms with Gasteiger partial charge in [-0.2, -0.15) is 0 Å². The molecule has 1 aliphatic rings. The molecule has 28 heavy (non-hydrogen) atoms. The van der Waals surface area contributed by atoms with Gasteiger partial charge < -0.3 is 14.1 Å². The van der Waals surface area contributed by atoms with Crippen molar-refractivity contribution in [3.05, 3.63) is 82.3 Å². The summed E-state index contributed by atoms with van der Waals surface area (Å²) in [4.78, 5) is 23.0. The van der Waals surface area contributed by atoms with Crippen LogP contribution in [0, 0.1) is 6.92 Å². The van der Waals surface area contributed by atoms with Crippen molar-refractivity contribution in [1.82, 2.24) is 14.9 Å². The van der Waals surface area contributed by atoms with E-state index in [9.17, 15) is 4.79 Å². The molecule has 144 valence electrons. The molecule has 0 saturated carbocycles. The second-order valence-corrected chi connectivity index (χ2v) is 7.14. The van der Waals surface area contributed by atoms with Gasteiger partial charge in [0.2, 0.25) is 5.89 Å². The monoisotopic (exact) mass is 397 g/mol. The number of carbonyl (C=O) groups is 1. The van der Waals surface area contributed by atoms with Crippen LogP contribution >= 0.6 is 11.6 Å². The van der Waals surface area contributed by atoms with Crippen molar-refractivity contribution >= 4 is 17.5 Å². The zero-order valence-electron chi connectivity index (χ0n) is 15.5. The van der Waals surface area contributed by atoms with E-state index in [1.54, 1.807) is 23.4 Å². The first-order chi connectivity index (χ1) is 13.6. The predicted octanol–water partition coefficient (Wildman–Crippen LogP) is 3.84. The molecule has 1 fully saturated rings. The summed E-state index contributed by atoms with van der Waals surface area (Å²) in [5.74, 6) is 1.11.